The third-order valence-electron chi connectivity index (χ3n) is 6.25. The number of hydrogen-bond acceptors (Lipinski definition) is 4. The lowest BCUT2D eigenvalue weighted by Crippen LogP contribution is -2.31. The maximum absolute atomic E-state index is 12.2. The van der Waals surface area contributed by atoms with Gasteiger partial charge in [-0.2, -0.15) is 0 Å². The number of aryl methyl sites for hydroxylation is 2. The van der Waals surface area contributed by atoms with E-state index in [1.807, 2.05) is 64.1 Å². The number of ketones is 2. The van der Waals surface area contributed by atoms with E-state index in [2.05, 4.69) is 46.1 Å². The molecule has 0 radical (unpaired) electrons. The van der Waals surface area contributed by atoms with Gasteiger partial charge in [-0.05, 0) is 117 Å². The molecular weight excluding hydrogens is 542 g/mol. The van der Waals surface area contributed by atoms with Crippen LogP contribution in [0, 0.1) is 19.8 Å². The Morgan fingerprint density at radius 1 is 0.929 bits per heavy atom. The molecule has 42 heavy (non-hydrogen) atoms. The number of Topliss-reactive ketones (excluding diaryl/α,β-unsaturated/α-hetero) is 2. The Bertz CT molecular complexity index is 1180. The molecule has 0 aromatic heterocycles. The predicted molar refractivity (Wildman–Crippen MR) is 184 cm³/mol. The lowest BCUT2D eigenvalue weighted by atomic mass is 9.87. The van der Waals surface area contributed by atoms with Crippen molar-refractivity contribution in [1.82, 2.24) is 4.90 Å². The molecule has 0 saturated carbocycles. The van der Waals surface area contributed by atoms with Gasteiger partial charge in [0.25, 0.3) is 0 Å². The Balaban J connectivity index is 0.00000257. The Morgan fingerprint density at radius 3 is 2.05 bits per heavy atom. The molecule has 4 nitrogen and oxygen atoms in total. The third kappa shape index (κ3) is 15.0. The maximum atomic E-state index is 12.2. The SMILES string of the molecule is C=C(/C(CC(C)=O)=C(/C)c1cc(OCCCN(CCC)CC(C)=O)ccc1C)c1ccc(C)c(Cl)c1.CC.CC(C)C. The third-order valence-corrected chi connectivity index (χ3v) is 6.66. The van der Waals surface area contributed by atoms with E-state index in [1.54, 1.807) is 13.8 Å². The summed E-state index contributed by atoms with van der Waals surface area (Å²) in [6, 6.07) is 11.9. The van der Waals surface area contributed by atoms with E-state index in [4.69, 9.17) is 16.3 Å². The van der Waals surface area contributed by atoms with Crippen LogP contribution in [0.5, 0.6) is 5.75 Å². The molecule has 0 amide bonds. The van der Waals surface area contributed by atoms with Gasteiger partial charge >= 0.3 is 0 Å². The molecule has 0 aliphatic heterocycles. The summed E-state index contributed by atoms with van der Waals surface area (Å²) in [5.41, 5.74) is 6.76. The summed E-state index contributed by atoms with van der Waals surface area (Å²) in [6.45, 7) is 29.0. The molecule has 0 fully saturated rings. The number of allylic oxidation sites excluding steroid dienone is 3. The number of halogens is 1. The molecule has 0 spiro atoms. The monoisotopic (exact) mass is 597 g/mol. The number of nitrogens with zero attached hydrogens (tertiary/aromatic N) is 1. The van der Waals surface area contributed by atoms with Crippen LogP contribution in [0.1, 0.15) is 104 Å². The first-order chi connectivity index (χ1) is 19.8. The largest absolute Gasteiger partial charge is 0.494 e. The van der Waals surface area contributed by atoms with Gasteiger partial charge in [0.1, 0.15) is 17.3 Å². The first-order valence-electron chi connectivity index (χ1n) is 15.4. The summed E-state index contributed by atoms with van der Waals surface area (Å²) < 4.78 is 6.08. The number of carbonyl (C=O) groups is 2. The van der Waals surface area contributed by atoms with Gasteiger partial charge in [-0.1, -0.05) is 77.9 Å². The first-order valence-corrected chi connectivity index (χ1v) is 15.7. The molecule has 2 aromatic rings. The van der Waals surface area contributed by atoms with Gasteiger partial charge in [-0.15, -0.1) is 0 Å². The van der Waals surface area contributed by atoms with Crippen LogP contribution in [0.15, 0.2) is 48.6 Å². The fraction of sp³-hybridized carbons (Fsp3) is 0.514. The van der Waals surface area contributed by atoms with Gasteiger partial charge in [-0.25, -0.2) is 0 Å². The highest BCUT2D eigenvalue weighted by atomic mass is 35.5. The van der Waals surface area contributed by atoms with Gasteiger partial charge < -0.3 is 4.74 Å². The van der Waals surface area contributed by atoms with Crippen LogP contribution in [0.3, 0.4) is 0 Å². The van der Waals surface area contributed by atoms with Crippen molar-refractivity contribution in [1.29, 1.82) is 0 Å². The van der Waals surface area contributed by atoms with Crippen LogP contribution < -0.4 is 4.74 Å². The molecule has 0 unspecified atom stereocenters. The normalized spacial score (nSPS) is 11.2. The Morgan fingerprint density at radius 2 is 1.52 bits per heavy atom. The number of hydrogen-bond donors (Lipinski definition) is 0. The predicted octanol–water partition coefficient (Wildman–Crippen LogP) is 10.2. The lowest BCUT2D eigenvalue weighted by Gasteiger charge is -2.20. The standard InChI is InChI=1S/C31H40ClNO3.C4H10.C2H6/c1-8-14-33(20-24(5)35)15-9-16-36-28-13-11-21(2)29(19-28)26(7)30(17-23(4)34)25(6)27-12-10-22(3)31(32)18-27;1-4(2)3;1-2/h10-13,18-19H,6,8-9,14-17,20H2,1-5,7H3;4H,1-3H3;1-2H3/b30-26-;;. The van der Waals surface area contributed by atoms with Crippen LogP contribution in [-0.2, 0) is 9.59 Å². The van der Waals surface area contributed by atoms with Crippen molar-refractivity contribution in [3.63, 3.8) is 0 Å². The summed E-state index contributed by atoms with van der Waals surface area (Å²) in [6.07, 6.45) is 2.15. The molecule has 2 aromatic carbocycles. The number of ether oxygens (including phenoxy) is 1. The number of carbonyl (C=O) groups excluding carboxylic acids is 2. The van der Waals surface area contributed by atoms with Crippen LogP contribution >= 0.6 is 11.6 Å². The molecule has 0 atom stereocenters. The fourth-order valence-electron chi connectivity index (χ4n) is 4.31. The van der Waals surface area contributed by atoms with E-state index in [-0.39, 0.29) is 11.6 Å². The minimum atomic E-state index is 0.0796. The van der Waals surface area contributed by atoms with Crippen molar-refractivity contribution >= 4 is 34.3 Å². The van der Waals surface area contributed by atoms with Crippen LogP contribution in [0.25, 0.3) is 11.1 Å². The summed E-state index contributed by atoms with van der Waals surface area (Å²) in [5.74, 6) is 1.89. The molecule has 0 aliphatic rings. The molecule has 5 heteroatoms. The molecule has 234 valence electrons. The Hall–Kier alpha value is -2.69. The van der Waals surface area contributed by atoms with Crippen molar-refractivity contribution in [2.75, 3.05) is 26.2 Å². The van der Waals surface area contributed by atoms with Crippen molar-refractivity contribution in [3.05, 3.63) is 75.8 Å². The quantitative estimate of drug-likeness (QED) is 0.160. The second kappa shape index (κ2) is 21.1. The molecule has 0 N–H and O–H groups in total. The molecule has 2 rings (SSSR count). The summed E-state index contributed by atoms with van der Waals surface area (Å²) >= 11 is 6.37. The molecular formula is C37H56ClNO3. The molecule has 0 heterocycles. The highest BCUT2D eigenvalue weighted by Gasteiger charge is 2.16. The fourth-order valence-corrected chi connectivity index (χ4v) is 4.49. The van der Waals surface area contributed by atoms with Crippen molar-refractivity contribution in [2.24, 2.45) is 5.92 Å². The zero-order valence-electron chi connectivity index (χ0n) is 28.2. The molecule has 0 saturated heterocycles. The van der Waals surface area contributed by atoms with Gasteiger partial charge in [0.2, 0.25) is 0 Å². The minimum absolute atomic E-state index is 0.0796. The van der Waals surface area contributed by atoms with Crippen molar-refractivity contribution < 1.29 is 14.3 Å². The molecule has 0 aliphatic carbocycles. The van der Waals surface area contributed by atoms with Crippen molar-refractivity contribution in [3.8, 4) is 5.75 Å². The topological polar surface area (TPSA) is 46.6 Å². The van der Waals surface area contributed by atoms with E-state index < -0.39 is 0 Å². The average molecular weight is 598 g/mol. The van der Waals surface area contributed by atoms with E-state index in [0.717, 1.165) is 76.6 Å². The second-order valence-electron chi connectivity index (χ2n) is 11.3. The molecule has 0 bridgehead atoms. The lowest BCUT2D eigenvalue weighted by molar-refractivity contribution is -0.118. The van der Waals surface area contributed by atoms with E-state index in [9.17, 15) is 9.59 Å². The van der Waals surface area contributed by atoms with E-state index >= 15 is 0 Å². The smallest absolute Gasteiger partial charge is 0.143 e. The van der Waals surface area contributed by atoms with E-state index in [1.165, 1.54) is 0 Å². The number of rotatable bonds is 14. The maximum Gasteiger partial charge on any atom is 0.143 e. The summed E-state index contributed by atoms with van der Waals surface area (Å²) in [4.78, 5) is 25.9. The van der Waals surface area contributed by atoms with Crippen LogP contribution in [-0.4, -0.2) is 42.7 Å². The van der Waals surface area contributed by atoms with Gasteiger partial charge in [0.05, 0.1) is 13.2 Å². The average Bonchev–Trinajstić information content (AvgIpc) is 2.92. The van der Waals surface area contributed by atoms with Crippen molar-refractivity contribution in [2.45, 2.75) is 95.4 Å². The zero-order chi connectivity index (χ0) is 32.4. The van der Waals surface area contributed by atoms with Crippen LogP contribution in [0.4, 0.5) is 0 Å². The van der Waals surface area contributed by atoms with Gasteiger partial charge in [0, 0.05) is 18.0 Å². The van der Waals surface area contributed by atoms with E-state index in [0.29, 0.717) is 24.6 Å². The Labute approximate surface area is 262 Å². The second-order valence-corrected chi connectivity index (χ2v) is 11.7. The summed E-state index contributed by atoms with van der Waals surface area (Å²) in [5, 5.41) is 0.681. The van der Waals surface area contributed by atoms with Crippen LogP contribution in [0.2, 0.25) is 5.02 Å². The highest BCUT2D eigenvalue weighted by molar-refractivity contribution is 6.31. The van der Waals surface area contributed by atoms with Gasteiger partial charge in [-0.3, -0.25) is 14.5 Å². The van der Waals surface area contributed by atoms with Gasteiger partial charge in [0.15, 0.2) is 0 Å². The number of benzene rings is 2. The summed E-state index contributed by atoms with van der Waals surface area (Å²) in [7, 11) is 0. The first kappa shape index (κ1) is 39.3. The minimum Gasteiger partial charge on any atom is -0.494 e. The zero-order valence-corrected chi connectivity index (χ0v) is 29.0. The highest BCUT2D eigenvalue weighted by Crippen LogP contribution is 2.35. The Kier molecular flexibility index (Phi) is 19.7.